The fraction of sp³-hybridized carbons (Fsp3) is 0.292. The predicted molar refractivity (Wildman–Crippen MR) is 127 cm³/mol. The van der Waals surface area contributed by atoms with E-state index in [1.807, 2.05) is 42.6 Å². The Morgan fingerprint density at radius 2 is 1.87 bits per heavy atom. The SMILES string of the molecule is Cc1ccc([C@H](C)NC(=O)CN(C)c2nc3c(s2)c(C)nn3-c2cccc(C)c2)cc1. The molecule has 1 amide bonds. The molecule has 4 rings (SSSR count). The zero-order valence-electron chi connectivity index (χ0n) is 18.5. The van der Waals surface area contributed by atoms with Gasteiger partial charge in [0.15, 0.2) is 10.8 Å². The average Bonchev–Trinajstić information content (AvgIpc) is 3.29. The van der Waals surface area contributed by atoms with Crippen LogP contribution in [-0.2, 0) is 4.79 Å². The van der Waals surface area contributed by atoms with Crippen molar-refractivity contribution < 1.29 is 4.79 Å². The van der Waals surface area contributed by atoms with E-state index in [0.29, 0.717) is 0 Å². The predicted octanol–water partition coefficient (Wildman–Crippen LogP) is 4.72. The highest BCUT2D eigenvalue weighted by Gasteiger charge is 2.19. The van der Waals surface area contributed by atoms with Crippen molar-refractivity contribution in [1.82, 2.24) is 20.1 Å². The quantitative estimate of drug-likeness (QED) is 0.478. The number of hydrogen-bond acceptors (Lipinski definition) is 5. The van der Waals surface area contributed by atoms with Crippen LogP contribution in [0.25, 0.3) is 16.0 Å². The maximum atomic E-state index is 12.6. The molecule has 0 fully saturated rings. The zero-order chi connectivity index (χ0) is 22.1. The monoisotopic (exact) mass is 433 g/mol. The molecular formula is C24H27N5OS. The van der Waals surface area contributed by atoms with Crippen molar-refractivity contribution in [1.29, 1.82) is 0 Å². The number of aromatic nitrogens is 3. The van der Waals surface area contributed by atoms with Gasteiger partial charge in [0.25, 0.3) is 0 Å². The number of nitrogens with one attached hydrogen (secondary N) is 1. The number of thiazole rings is 1. The molecule has 0 saturated carbocycles. The minimum absolute atomic E-state index is 0.0353. The third-order valence-corrected chi connectivity index (χ3v) is 6.55. The fourth-order valence-corrected chi connectivity index (χ4v) is 4.48. The molecule has 0 bridgehead atoms. The van der Waals surface area contributed by atoms with Crippen molar-refractivity contribution in [2.45, 2.75) is 33.7 Å². The molecule has 2 heterocycles. The fourth-order valence-electron chi connectivity index (χ4n) is 3.53. The molecule has 2 aromatic heterocycles. The standard InChI is InChI=1S/C24H27N5OS/c1-15-9-11-19(12-10-15)17(3)25-21(30)14-28(5)24-26-23-22(31-24)18(4)27-29(23)20-8-6-7-16(2)13-20/h6-13,17H,14H2,1-5H3,(H,25,30)/t17-/m0/s1. The van der Waals surface area contributed by atoms with E-state index < -0.39 is 0 Å². The molecule has 0 saturated heterocycles. The molecule has 4 aromatic rings. The summed E-state index contributed by atoms with van der Waals surface area (Å²) in [7, 11) is 1.90. The second-order valence-corrected chi connectivity index (χ2v) is 9.02. The maximum absolute atomic E-state index is 12.6. The maximum Gasteiger partial charge on any atom is 0.240 e. The lowest BCUT2D eigenvalue weighted by Crippen LogP contribution is -2.36. The normalized spacial score (nSPS) is 12.2. The smallest absolute Gasteiger partial charge is 0.240 e. The Kier molecular flexibility index (Phi) is 5.78. The number of hydrogen-bond donors (Lipinski definition) is 1. The van der Waals surface area contributed by atoms with Crippen molar-refractivity contribution in [2.24, 2.45) is 0 Å². The van der Waals surface area contributed by atoms with Crippen molar-refractivity contribution >= 4 is 32.7 Å². The summed E-state index contributed by atoms with van der Waals surface area (Å²) in [6, 6.07) is 16.4. The summed E-state index contributed by atoms with van der Waals surface area (Å²) >= 11 is 1.56. The molecule has 0 radical (unpaired) electrons. The number of nitrogens with zero attached hydrogens (tertiary/aromatic N) is 4. The Balaban J connectivity index is 1.50. The number of fused-ring (bicyclic) bond motifs is 1. The molecule has 0 aliphatic heterocycles. The molecule has 31 heavy (non-hydrogen) atoms. The van der Waals surface area contributed by atoms with Gasteiger partial charge in [-0.1, -0.05) is 53.3 Å². The Hall–Kier alpha value is -3.19. The molecule has 1 atom stereocenters. The summed E-state index contributed by atoms with van der Waals surface area (Å²) < 4.78 is 2.92. The van der Waals surface area contributed by atoms with Gasteiger partial charge in [0.05, 0.1) is 28.7 Å². The van der Waals surface area contributed by atoms with Gasteiger partial charge in [0.2, 0.25) is 5.91 Å². The number of likely N-dealkylation sites (N-methyl/N-ethyl adjacent to an activating group) is 1. The van der Waals surface area contributed by atoms with Gasteiger partial charge in [0, 0.05) is 7.05 Å². The van der Waals surface area contributed by atoms with E-state index in [4.69, 9.17) is 4.98 Å². The Labute approximate surface area is 186 Å². The van der Waals surface area contributed by atoms with Gasteiger partial charge >= 0.3 is 0 Å². The van der Waals surface area contributed by atoms with Crippen LogP contribution in [0.2, 0.25) is 0 Å². The van der Waals surface area contributed by atoms with E-state index in [2.05, 4.69) is 60.7 Å². The number of anilines is 1. The van der Waals surface area contributed by atoms with Crippen LogP contribution in [0.15, 0.2) is 48.5 Å². The van der Waals surface area contributed by atoms with Crippen molar-refractivity contribution in [3.05, 3.63) is 70.9 Å². The number of carbonyl (C=O) groups excluding carboxylic acids is 1. The molecule has 1 N–H and O–H groups in total. The Bertz CT molecular complexity index is 1220. The lowest BCUT2D eigenvalue weighted by molar-refractivity contribution is -0.120. The van der Waals surface area contributed by atoms with Gasteiger partial charge in [-0.05, 0) is 51.0 Å². The van der Waals surface area contributed by atoms with Crippen LogP contribution in [0, 0.1) is 20.8 Å². The van der Waals surface area contributed by atoms with Crippen molar-refractivity contribution in [3.63, 3.8) is 0 Å². The van der Waals surface area contributed by atoms with E-state index >= 15 is 0 Å². The number of amides is 1. The minimum Gasteiger partial charge on any atom is -0.348 e. The topological polar surface area (TPSA) is 63.1 Å². The third-order valence-electron chi connectivity index (χ3n) is 5.29. The lowest BCUT2D eigenvalue weighted by Gasteiger charge is -2.19. The first-order valence-electron chi connectivity index (χ1n) is 10.3. The highest BCUT2D eigenvalue weighted by molar-refractivity contribution is 7.22. The van der Waals surface area contributed by atoms with Gasteiger partial charge in [-0.25, -0.2) is 4.68 Å². The lowest BCUT2D eigenvalue weighted by atomic mass is 10.1. The number of rotatable bonds is 6. The van der Waals surface area contributed by atoms with Gasteiger partial charge in [-0.15, -0.1) is 0 Å². The first-order valence-corrected chi connectivity index (χ1v) is 11.1. The van der Waals surface area contributed by atoms with Gasteiger partial charge < -0.3 is 10.2 Å². The summed E-state index contributed by atoms with van der Waals surface area (Å²) in [5.74, 6) is -0.0353. The van der Waals surface area contributed by atoms with Crippen molar-refractivity contribution in [3.8, 4) is 5.69 Å². The highest BCUT2D eigenvalue weighted by atomic mass is 32.1. The van der Waals surface area contributed by atoms with Gasteiger partial charge in [-0.3, -0.25) is 4.79 Å². The molecule has 6 nitrogen and oxygen atoms in total. The van der Waals surface area contributed by atoms with E-state index in [1.54, 1.807) is 11.3 Å². The van der Waals surface area contributed by atoms with Gasteiger partial charge in [-0.2, -0.15) is 10.1 Å². The van der Waals surface area contributed by atoms with Crippen LogP contribution in [0.1, 0.15) is 35.3 Å². The van der Waals surface area contributed by atoms with E-state index in [1.165, 1.54) is 11.1 Å². The molecule has 0 spiro atoms. The first-order chi connectivity index (χ1) is 14.8. The van der Waals surface area contributed by atoms with Crippen LogP contribution in [0.3, 0.4) is 0 Å². The minimum atomic E-state index is -0.0472. The first kappa shape index (κ1) is 21.1. The Morgan fingerprint density at radius 3 is 2.58 bits per heavy atom. The van der Waals surface area contributed by atoms with E-state index in [0.717, 1.165) is 32.4 Å². The van der Waals surface area contributed by atoms with Crippen LogP contribution < -0.4 is 10.2 Å². The van der Waals surface area contributed by atoms with E-state index in [-0.39, 0.29) is 18.5 Å². The van der Waals surface area contributed by atoms with E-state index in [9.17, 15) is 4.79 Å². The van der Waals surface area contributed by atoms with Crippen LogP contribution >= 0.6 is 11.3 Å². The zero-order valence-corrected chi connectivity index (χ0v) is 19.3. The summed E-state index contributed by atoms with van der Waals surface area (Å²) in [4.78, 5) is 19.3. The molecule has 160 valence electrons. The molecule has 7 heteroatoms. The molecule has 0 unspecified atom stereocenters. The number of benzene rings is 2. The van der Waals surface area contributed by atoms with Crippen LogP contribution in [-0.4, -0.2) is 34.3 Å². The summed E-state index contributed by atoms with van der Waals surface area (Å²) in [6.07, 6.45) is 0. The molecule has 2 aromatic carbocycles. The average molecular weight is 434 g/mol. The Morgan fingerprint density at radius 1 is 1.13 bits per heavy atom. The van der Waals surface area contributed by atoms with Gasteiger partial charge in [0.1, 0.15) is 0 Å². The van der Waals surface area contributed by atoms with Crippen LogP contribution in [0.4, 0.5) is 5.13 Å². The third kappa shape index (κ3) is 4.46. The number of carbonyl (C=O) groups is 1. The largest absolute Gasteiger partial charge is 0.348 e. The number of aryl methyl sites for hydroxylation is 3. The summed E-state index contributed by atoms with van der Waals surface area (Å²) in [6.45, 7) is 8.35. The van der Waals surface area contributed by atoms with Crippen LogP contribution in [0.5, 0.6) is 0 Å². The molecule has 0 aliphatic rings. The summed E-state index contributed by atoms with van der Waals surface area (Å²) in [5.41, 5.74) is 6.22. The highest BCUT2D eigenvalue weighted by Crippen LogP contribution is 2.32. The molecule has 0 aliphatic carbocycles. The second kappa shape index (κ2) is 8.51. The van der Waals surface area contributed by atoms with Crippen molar-refractivity contribution in [2.75, 3.05) is 18.5 Å². The molecular weight excluding hydrogens is 406 g/mol. The second-order valence-electron chi connectivity index (χ2n) is 8.04. The summed E-state index contributed by atoms with van der Waals surface area (Å²) in [5, 5.41) is 8.55.